The molecular weight excluding hydrogens is 413 g/mol. The number of carbonyl (C=O) groups excluding carboxylic acids is 2. The molecule has 29 heavy (non-hydrogen) atoms. The molecule has 1 aromatic heterocycles. The normalized spacial score (nSPS) is 12.3. The molecule has 7 nitrogen and oxygen atoms in total. The van der Waals surface area contributed by atoms with Crippen LogP contribution in [0.5, 0.6) is 0 Å². The van der Waals surface area contributed by atoms with Crippen molar-refractivity contribution in [2.24, 2.45) is 11.7 Å². The molecule has 2 rings (SSSR count). The van der Waals surface area contributed by atoms with E-state index in [4.69, 9.17) is 5.73 Å². The standard InChI is InChI=1S/C18H21F3N4O3.ClH/c1-4-28-17(27)13-9-23-25(15(13)18(19,20)21)12-7-5-11(6-8-12)24-16(26)14(22)10(2)3;/h5-10,14H,4,22H2,1-3H3,(H,24,26);1H/t14-;/m0./s1. The number of carbonyl (C=O) groups is 2. The summed E-state index contributed by atoms with van der Waals surface area (Å²) in [4.78, 5) is 23.8. The largest absolute Gasteiger partial charge is 0.462 e. The Hall–Kier alpha value is -2.59. The van der Waals surface area contributed by atoms with Crippen LogP contribution in [0.3, 0.4) is 0 Å². The van der Waals surface area contributed by atoms with Crippen LogP contribution in [0.1, 0.15) is 36.8 Å². The Kier molecular flexibility index (Phi) is 8.22. The molecule has 1 aromatic carbocycles. The minimum atomic E-state index is -4.82. The van der Waals surface area contributed by atoms with Crippen LogP contribution in [-0.2, 0) is 15.7 Å². The Bertz CT molecular complexity index is 851. The third-order valence-corrected chi connectivity index (χ3v) is 3.93. The third-order valence-electron chi connectivity index (χ3n) is 3.93. The van der Waals surface area contributed by atoms with Crippen LogP contribution in [0.4, 0.5) is 18.9 Å². The number of aromatic nitrogens is 2. The van der Waals surface area contributed by atoms with E-state index in [1.807, 2.05) is 0 Å². The van der Waals surface area contributed by atoms with Crippen molar-refractivity contribution in [1.82, 2.24) is 9.78 Å². The maximum Gasteiger partial charge on any atom is 0.434 e. The number of benzene rings is 1. The highest BCUT2D eigenvalue weighted by Gasteiger charge is 2.41. The summed E-state index contributed by atoms with van der Waals surface area (Å²) in [7, 11) is 0. The van der Waals surface area contributed by atoms with Crippen molar-refractivity contribution in [3.8, 4) is 5.69 Å². The van der Waals surface area contributed by atoms with E-state index < -0.39 is 35.4 Å². The van der Waals surface area contributed by atoms with E-state index in [2.05, 4.69) is 15.2 Å². The Morgan fingerprint density at radius 3 is 2.31 bits per heavy atom. The summed E-state index contributed by atoms with van der Waals surface area (Å²) in [5.74, 6) is -1.57. The summed E-state index contributed by atoms with van der Waals surface area (Å²) in [6, 6.07) is 4.81. The van der Waals surface area contributed by atoms with Crippen LogP contribution in [0, 0.1) is 5.92 Å². The number of alkyl halides is 3. The number of anilines is 1. The Morgan fingerprint density at radius 2 is 1.83 bits per heavy atom. The predicted octanol–water partition coefficient (Wildman–Crippen LogP) is 3.41. The van der Waals surface area contributed by atoms with Gasteiger partial charge in [0, 0.05) is 5.69 Å². The summed E-state index contributed by atoms with van der Waals surface area (Å²) >= 11 is 0. The molecule has 0 aliphatic rings. The first-order valence-electron chi connectivity index (χ1n) is 8.55. The van der Waals surface area contributed by atoms with Crippen LogP contribution in [0.25, 0.3) is 5.69 Å². The second-order valence-electron chi connectivity index (χ2n) is 6.34. The van der Waals surface area contributed by atoms with Gasteiger partial charge in [0.1, 0.15) is 5.56 Å². The van der Waals surface area contributed by atoms with Crippen molar-refractivity contribution in [2.45, 2.75) is 33.0 Å². The highest BCUT2D eigenvalue weighted by molar-refractivity contribution is 5.95. The molecule has 0 fully saturated rings. The average Bonchev–Trinajstić information content (AvgIpc) is 3.07. The monoisotopic (exact) mass is 434 g/mol. The lowest BCUT2D eigenvalue weighted by atomic mass is 10.0. The second kappa shape index (κ2) is 9.75. The first-order valence-corrected chi connectivity index (χ1v) is 8.55. The molecule has 11 heteroatoms. The highest BCUT2D eigenvalue weighted by Crippen LogP contribution is 2.34. The number of amides is 1. The summed E-state index contributed by atoms with van der Waals surface area (Å²) < 4.78 is 45.8. The second-order valence-corrected chi connectivity index (χ2v) is 6.34. The van der Waals surface area contributed by atoms with E-state index in [1.165, 1.54) is 31.2 Å². The number of nitrogens with two attached hydrogens (primary N) is 1. The van der Waals surface area contributed by atoms with Gasteiger partial charge in [-0.2, -0.15) is 18.3 Å². The lowest BCUT2D eigenvalue weighted by Gasteiger charge is -2.16. The minimum Gasteiger partial charge on any atom is -0.462 e. The van der Waals surface area contributed by atoms with Crippen molar-refractivity contribution in [1.29, 1.82) is 0 Å². The van der Waals surface area contributed by atoms with Gasteiger partial charge in [0.05, 0.1) is 24.5 Å². The first-order chi connectivity index (χ1) is 13.1. The van der Waals surface area contributed by atoms with Gasteiger partial charge in [0.25, 0.3) is 0 Å². The number of halogens is 4. The quantitative estimate of drug-likeness (QED) is 0.679. The van der Waals surface area contributed by atoms with E-state index >= 15 is 0 Å². The molecule has 0 aliphatic carbocycles. The van der Waals surface area contributed by atoms with Crippen LogP contribution >= 0.6 is 12.4 Å². The van der Waals surface area contributed by atoms with Crippen molar-refractivity contribution >= 4 is 30.0 Å². The summed E-state index contributed by atoms with van der Waals surface area (Å²) in [6.07, 6.45) is -4.01. The van der Waals surface area contributed by atoms with Gasteiger partial charge in [-0.15, -0.1) is 12.4 Å². The van der Waals surface area contributed by atoms with Gasteiger partial charge in [-0.05, 0) is 37.1 Å². The number of hydrogen-bond acceptors (Lipinski definition) is 5. The molecule has 0 unspecified atom stereocenters. The molecule has 1 amide bonds. The zero-order valence-electron chi connectivity index (χ0n) is 16.0. The molecule has 0 saturated heterocycles. The summed E-state index contributed by atoms with van der Waals surface area (Å²) in [6.45, 7) is 5.03. The maximum atomic E-state index is 13.5. The fourth-order valence-electron chi connectivity index (χ4n) is 2.39. The number of nitrogens with zero attached hydrogens (tertiary/aromatic N) is 2. The van der Waals surface area contributed by atoms with E-state index in [0.717, 1.165) is 6.20 Å². The minimum absolute atomic E-state index is 0. The van der Waals surface area contributed by atoms with Gasteiger partial charge in [0.15, 0.2) is 5.69 Å². The zero-order chi connectivity index (χ0) is 21.1. The van der Waals surface area contributed by atoms with Gasteiger partial charge in [0.2, 0.25) is 5.91 Å². The molecular formula is C18H22ClF3N4O3. The Morgan fingerprint density at radius 1 is 1.24 bits per heavy atom. The smallest absolute Gasteiger partial charge is 0.434 e. The molecule has 0 radical (unpaired) electrons. The lowest BCUT2D eigenvalue weighted by Crippen LogP contribution is -2.39. The van der Waals surface area contributed by atoms with Crippen molar-refractivity contribution in [2.75, 3.05) is 11.9 Å². The van der Waals surface area contributed by atoms with Gasteiger partial charge >= 0.3 is 12.1 Å². The third kappa shape index (κ3) is 5.70. The molecule has 0 bridgehead atoms. The van der Waals surface area contributed by atoms with Crippen molar-refractivity contribution < 1.29 is 27.5 Å². The Balaban J connectivity index is 0.00000420. The van der Waals surface area contributed by atoms with E-state index in [-0.39, 0.29) is 30.6 Å². The van der Waals surface area contributed by atoms with Crippen LogP contribution in [0.2, 0.25) is 0 Å². The van der Waals surface area contributed by atoms with E-state index in [9.17, 15) is 22.8 Å². The molecule has 1 heterocycles. The molecule has 160 valence electrons. The highest BCUT2D eigenvalue weighted by atomic mass is 35.5. The molecule has 2 aromatic rings. The number of rotatable bonds is 6. The molecule has 3 N–H and O–H groups in total. The average molecular weight is 435 g/mol. The molecule has 0 aliphatic heterocycles. The number of esters is 1. The number of hydrogen-bond donors (Lipinski definition) is 2. The van der Waals surface area contributed by atoms with E-state index in [0.29, 0.717) is 10.4 Å². The molecule has 1 atom stereocenters. The van der Waals surface area contributed by atoms with E-state index in [1.54, 1.807) is 13.8 Å². The first kappa shape index (κ1) is 24.4. The van der Waals surface area contributed by atoms with Gasteiger partial charge in [-0.1, -0.05) is 13.8 Å². The SMILES string of the molecule is CCOC(=O)c1cnn(-c2ccc(NC(=O)[C@@H](N)C(C)C)cc2)c1C(F)(F)F.Cl. The lowest BCUT2D eigenvalue weighted by molar-refractivity contribution is -0.143. The Labute approximate surface area is 171 Å². The molecule has 0 saturated carbocycles. The predicted molar refractivity (Wildman–Crippen MR) is 103 cm³/mol. The van der Waals surface area contributed by atoms with Gasteiger partial charge in [-0.25, -0.2) is 9.48 Å². The van der Waals surface area contributed by atoms with Crippen LogP contribution < -0.4 is 11.1 Å². The van der Waals surface area contributed by atoms with Crippen molar-refractivity contribution in [3.05, 3.63) is 41.7 Å². The maximum absolute atomic E-state index is 13.5. The topological polar surface area (TPSA) is 99.2 Å². The fourth-order valence-corrected chi connectivity index (χ4v) is 2.39. The zero-order valence-corrected chi connectivity index (χ0v) is 16.8. The van der Waals surface area contributed by atoms with Crippen LogP contribution in [0.15, 0.2) is 30.5 Å². The van der Waals surface area contributed by atoms with Gasteiger partial charge < -0.3 is 15.8 Å². The number of ether oxygens (including phenoxy) is 1. The van der Waals surface area contributed by atoms with Crippen molar-refractivity contribution in [3.63, 3.8) is 0 Å². The fraction of sp³-hybridized carbons (Fsp3) is 0.389. The summed E-state index contributed by atoms with van der Waals surface area (Å²) in [5, 5.41) is 6.28. The number of nitrogens with one attached hydrogen (secondary N) is 1. The molecule has 0 spiro atoms. The van der Waals surface area contributed by atoms with Gasteiger partial charge in [-0.3, -0.25) is 4.79 Å². The van der Waals surface area contributed by atoms with Crippen LogP contribution in [-0.4, -0.2) is 34.3 Å². The summed E-state index contributed by atoms with van der Waals surface area (Å²) in [5.41, 5.74) is 4.29.